The van der Waals surface area contributed by atoms with E-state index in [4.69, 9.17) is 0 Å². The maximum Gasteiger partial charge on any atom is 0.239 e. The van der Waals surface area contributed by atoms with E-state index in [0.717, 1.165) is 31.7 Å². The second-order valence-electron chi connectivity index (χ2n) is 5.44. The number of nitrogens with zero attached hydrogens (tertiary/aromatic N) is 1. The van der Waals surface area contributed by atoms with Gasteiger partial charge in [0.1, 0.15) is 0 Å². The van der Waals surface area contributed by atoms with Crippen molar-refractivity contribution in [1.29, 1.82) is 0 Å². The van der Waals surface area contributed by atoms with Crippen molar-refractivity contribution in [3.8, 4) is 0 Å². The molecule has 102 valence electrons. The van der Waals surface area contributed by atoms with Crippen LogP contribution >= 0.6 is 0 Å². The number of hydrogen-bond acceptors (Lipinski definition) is 3. The first-order valence-corrected chi connectivity index (χ1v) is 7.15. The SMILES string of the molecule is O=C1CN(c2ccc(CC3CCCN3)cc2)CCN1. The lowest BCUT2D eigenvalue weighted by molar-refractivity contribution is -0.120. The number of carbonyl (C=O) groups is 1. The fourth-order valence-electron chi connectivity index (χ4n) is 2.92. The third-order valence-electron chi connectivity index (χ3n) is 3.98. The van der Waals surface area contributed by atoms with Gasteiger partial charge in [-0.1, -0.05) is 12.1 Å². The van der Waals surface area contributed by atoms with Crippen molar-refractivity contribution in [1.82, 2.24) is 10.6 Å². The molecule has 2 N–H and O–H groups in total. The normalized spacial score (nSPS) is 23.5. The van der Waals surface area contributed by atoms with E-state index in [2.05, 4.69) is 39.8 Å². The Labute approximate surface area is 114 Å². The summed E-state index contributed by atoms with van der Waals surface area (Å²) in [6, 6.07) is 9.32. The molecule has 4 nitrogen and oxygen atoms in total. The van der Waals surface area contributed by atoms with Crippen molar-refractivity contribution in [2.45, 2.75) is 25.3 Å². The van der Waals surface area contributed by atoms with Crippen LogP contribution in [0.1, 0.15) is 18.4 Å². The molecule has 3 rings (SSSR count). The molecular weight excluding hydrogens is 238 g/mol. The van der Waals surface area contributed by atoms with Crippen LogP contribution in [-0.4, -0.2) is 38.1 Å². The Hall–Kier alpha value is -1.55. The topological polar surface area (TPSA) is 44.4 Å². The van der Waals surface area contributed by atoms with Gasteiger partial charge < -0.3 is 15.5 Å². The zero-order valence-corrected chi connectivity index (χ0v) is 11.2. The lowest BCUT2D eigenvalue weighted by atomic mass is 10.0. The largest absolute Gasteiger partial charge is 0.360 e. The van der Waals surface area contributed by atoms with Gasteiger partial charge in [-0.25, -0.2) is 0 Å². The minimum absolute atomic E-state index is 0.116. The van der Waals surface area contributed by atoms with Crippen LogP contribution in [0.3, 0.4) is 0 Å². The molecule has 19 heavy (non-hydrogen) atoms. The van der Waals surface area contributed by atoms with E-state index in [0.29, 0.717) is 12.6 Å². The number of amides is 1. The third-order valence-corrected chi connectivity index (χ3v) is 3.98. The zero-order chi connectivity index (χ0) is 13.1. The molecule has 1 aromatic carbocycles. The van der Waals surface area contributed by atoms with Crippen LogP contribution in [0.5, 0.6) is 0 Å². The van der Waals surface area contributed by atoms with Gasteiger partial charge in [-0.15, -0.1) is 0 Å². The summed E-state index contributed by atoms with van der Waals surface area (Å²) >= 11 is 0. The molecule has 2 saturated heterocycles. The third kappa shape index (κ3) is 3.07. The van der Waals surface area contributed by atoms with Gasteiger partial charge >= 0.3 is 0 Å². The number of benzene rings is 1. The number of rotatable bonds is 3. The number of carbonyl (C=O) groups excluding carboxylic acids is 1. The fourth-order valence-corrected chi connectivity index (χ4v) is 2.92. The number of hydrogen-bond donors (Lipinski definition) is 2. The van der Waals surface area contributed by atoms with Crippen LogP contribution in [0.15, 0.2) is 24.3 Å². The van der Waals surface area contributed by atoms with Crippen LogP contribution in [0, 0.1) is 0 Å². The summed E-state index contributed by atoms with van der Waals surface area (Å²) in [5, 5.41) is 6.38. The highest BCUT2D eigenvalue weighted by Crippen LogP contribution is 2.18. The maximum atomic E-state index is 11.4. The van der Waals surface area contributed by atoms with Crippen molar-refractivity contribution in [3.05, 3.63) is 29.8 Å². The molecule has 1 aromatic rings. The molecule has 2 aliphatic heterocycles. The van der Waals surface area contributed by atoms with Crippen LogP contribution in [0.25, 0.3) is 0 Å². The summed E-state index contributed by atoms with van der Waals surface area (Å²) in [7, 11) is 0. The molecule has 0 spiro atoms. The summed E-state index contributed by atoms with van der Waals surface area (Å²) in [6.45, 7) is 3.27. The number of nitrogens with one attached hydrogen (secondary N) is 2. The molecule has 0 radical (unpaired) electrons. The predicted molar refractivity (Wildman–Crippen MR) is 76.4 cm³/mol. The van der Waals surface area contributed by atoms with Gasteiger partial charge in [0.15, 0.2) is 0 Å². The van der Waals surface area contributed by atoms with Crippen LogP contribution in [-0.2, 0) is 11.2 Å². The van der Waals surface area contributed by atoms with E-state index in [1.807, 2.05) is 0 Å². The van der Waals surface area contributed by atoms with E-state index in [1.54, 1.807) is 0 Å². The van der Waals surface area contributed by atoms with E-state index in [-0.39, 0.29) is 5.91 Å². The second kappa shape index (κ2) is 5.61. The monoisotopic (exact) mass is 259 g/mol. The lowest BCUT2D eigenvalue weighted by Crippen LogP contribution is -2.47. The van der Waals surface area contributed by atoms with Crippen molar-refractivity contribution < 1.29 is 4.79 Å². The van der Waals surface area contributed by atoms with Gasteiger partial charge in [-0.05, 0) is 43.5 Å². The predicted octanol–water partition coefficient (Wildman–Crippen LogP) is 0.917. The summed E-state index contributed by atoms with van der Waals surface area (Å²) in [5.74, 6) is 0.116. The molecule has 0 aliphatic carbocycles. The molecule has 2 aliphatic rings. The average Bonchev–Trinajstić information content (AvgIpc) is 2.92. The molecule has 2 fully saturated rings. The van der Waals surface area contributed by atoms with Gasteiger partial charge in [-0.2, -0.15) is 0 Å². The Morgan fingerprint density at radius 3 is 2.74 bits per heavy atom. The molecular formula is C15H21N3O. The Balaban J connectivity index is 1.62. The van der Waals surface area contributed by atoms with E-state index < -0.39 is 0 Å². The van der Waals surface area contributed by atoms with Gasteiger partial charge in [-0.3, -0.25) is 4.79 Å². The van der Waals surface area contributed by atoms with Crippen LogP contribution in [0.2, 0.25) is 0 Å². The van der Waals surface area contributed by atoms with Crippen molar-refractivity contribution >= 4 is 11.6 Å². The first-order valence-electron chi connectivity index (χ1n) is 7.15. The molecule has 1 atom stereocenters. The molecule has 0 bridgehead atoms. The summed E-state index contributed by atoms with van der Waals surface area (Å²) in [6.07, 6.45) is 3.69. The zero-order valence-electron chi connectivity index (χ0n) is 11.2. The summed E-state index contributed by atoms with van der Waals surface area (Å²) in [4.78, 5) is 13.5. The minimum Gasteiger partial charge on any atom is -0.360 e. The van der Waals surface area contributed by atoms with Crippen LogP contribution in [0.4, 0.5) is 5.69 Å². The first-order chi connectivity index (χ1) is 9.31. The van der Waals surface area contributed by atoms with E-state index in [9.17, 15) is 4.79 Å². The van der Waals surface area contributed by atoms with Gasteiger partial charge in [0.25, 0.3) is 0 Å². The van der Waals surface area contributed by atoms with Crippen molar-refractivity contribution in [2.24, 2.45) is 0 Å². The highest BCUT2D eigenvalue weighted by Gasteiger charge is 2.17. The molecule has 0 saturated carbocycles. The quantitative estimate of drug-likeness (QED) is 0.848. The fraction of sp³-hybridized carbons (Fsp3) is 0.533. The molecule has 4 heteroatoms. The molecule has 1 unspecified atom stereocenters. The minimum atomic E-state index is 0.116. The van der Waals surface area contributed by atoms with Crippen LogP contribution < -0.4 is 15.5 Å². The Kier molecular flexibility index (Phi) is 3.69. The average molecular weight is 259 g/mol. The summed E-state index contributed by atoms with van der Waals surface area (Å²) in [5.41, 5.74) is 2.53. The first kappa shape index (κ1) is 12.5. The number of anilines is 1. The van der Waals surface area contributed by atoms with Gasteiger partial charge in [0, 0.05) is 24.8 Å². The molecule has 1 amide bonds. The van der Waals surface area contributed by atoms with Gasteiger partial charge in [0.05, 0.1) is 6.54 Å². The Morgan fingerprint density at radius 1 is 1.21 bits per heavy atom. The molecule has 0 aromatic heterocycles. The van der Waals surface area contributed by atoms with Crippen molar-refractivity contribution in [2.75, 3.05) is 31.1 Å². The lowest BCUT2D eigenvalue weighted by Gasteiger charge is -2.28. The standard InChI is InChI=1S/C15H21N3O/c19-15-11-18(9-8-17-15)14-5-3-12(4-6-14)10-13-2-1-7-16-13/h3-6,13,16H,1-2,7-11H2,(H,17,19). The highest BCUT2D eigenvalue weighted by atomic mass is 16.2. The Morgan fingerprint density at radius 2 is 2.05 bits per heavy atom. The van der Waals surface area contributed by atoms with Gasteiger partial charge in [0.2, 0.25) is 5.91 Å². The number of piperazine rings is 1. The van der Waals surface area contributed by atoms with Crippen molar-refractivity contribution in [3.63, 3.8) is 0 Å². The molecule has 2 heterocycles. The van der Waals surface area contributed by atoms with E-state index in [1.165, 1.54) is 18.4 Å². The maximum absolute atomic E-state index is 11.4. The smallest absolute Gasteiger partial charge is 0.239 e. The van der Waals surface area contributed by atoms with E-state index >= 15 is 0 Å². The summed E-state index contributed by atoms with van der Waals surface area (Å²) < 4.78 is 0. The Bertz CT molecular complexity index is 437. The highest BCUT2D eigenvalue weighted by molar-refractivity contribution is 5.82. The second-order valence-corrected chi connectivity index (χ2v) is 5.44.